The SMILES string of the molecule is Cn1cc(C#N)nc1-c1cc(F)ccc1-c1cc(C2CC2)nc(-n2cnc3cc(CNCCC(F)(F)F)[nH]c3c2=O)c1. The largest absolute Gasteiger partial charge is 0.390 e. The summed E-state index contributed by atoms with van der Waals surface area (Å²) in [6.07, 6.45) is -0.385. The molecular weight excluding hydrogens is 552 g/mol. The first kappa shape index (κ1) is 27.3. The highest BCUT2D eigenvalue weighted by Crippen LogP contribution is 2.42. The van der Waals surface area contributed by atoms with Gasteiger partial charge < -0.3 is 14.9 Å². The third kappa shape index (κ3) is 5.53. The van der Waals surface area contributed by atoms with Crippen LogP contribution in [-0.4, -0.2) is 41.8 Å². The van der Waals surface area contributed by atoms with Crippen LogP contribution in [0.25, 0.3) is 39.4 Å². The standard InChI is InChI=1S/C29H24F4N8O/c1-40-14-20(12-34)38-27(40)22-10-18(30)4-5-21(22)17-8-23(16-2-3-16)39-25(9-17)41-15-36-24-11-19(37-26(24)28(41)42)13-35-7-6-29(31,32)33/h4-5,8-11,14-16,35,37H,2-3,6-7,13H2,1H3. The molecule has 0 spiro atoms. The molecule has 214 valence electrons. The van der Waals surface area contributed by atoms with Gasteiger partial charge in [0.1, 0.15) is 35.4 Å². The van der Waals surface area contributed by atoms with Gasteiger partial charge in [-0.1, -0.05) is 6.07 Å². The van der Waals surface area contributed by atoms with E-state index in [1.807, 2.05) is 12.1 Å². The first-order valence-corrected chi connectivity index (χ1v) is 13.2. The van der Waals surface area contributed by atoms with E-state index in [0.29, 0.717) is 39.5 Å². The number of nitrogens with zero attached hydrogens (tertiary/aromatic N) is 6. The Bertz CT molecular complexity index is 1910. The van der Waals surface area contributed by atoms with Crippen molar-refractivity contribution in [3.8, 4) is 34.4 Å². The summed E-state index contributed by atoms with van der Waals surface area (Å²) in [5, 5.41) is 12.0. The molecule has 0 saturated heterocycles. The van der Waals surface area contributed by atoms with Gasteiger partial charge in [0, 0.05) is 49.2 Å². The van der Waals surface area contributed by atoms with Gasteiger partial charge in [0.05, 0.1) is 11.9 Å². The van der Waals surface area contributed by atoms with Gasteiger partial charge in [-0.25, -0.2) is 23.9 Å². The van der Waals surface area contributed by atoms with Crippen molar-refractivity contribution in [1.29, 1.82) is 5.26 Å². The second-order valence-corrected chi connectivity index (χ2v) is 10.3. The number of aryl methyl sites for hydroxylation is 1. The summed E-state index contributed by atoms with van der Waals surface area (Å²) in [4.78, 5) is 30.0. The molecule has 4 aromatic heterocycles. The lowest BCUT2D eigenvalue weighted by Crippen LogP contribution is -2.22. The fraction of sp³-hybridized carbons (Fsp3) is 0.276. The number of nitriles is 1. The van der Waals surface area contributed by atoms with Crippen LogP contribution in [0, 0.1) is 17.1 Å². The minimum absolute atomic E-state index is 0.111. The number of hydrogen-bond donors (Lipinski definition) is 2. The molecular formula is C29H24F4N8O. The molecule has 1 saturated carbocycles. The Morgan fingerprint density at radius 3 is 2.67 bits per heavy atom. The Balaban J connectivity index is 1.40. The molecule has 5 aromatic rings. The van der Waals surface area contributed by atoms with Crippen LogP contribution in [0.3, 0.4) is 0 Å². The van der Waals surface area contributed by atoms with Gasteiger partial charge in [0.15, 0.2) is 5.69 Å². The van der Waals surface area contributed by atoms with E-state index in [0.717, 1.165) is 18.5 Å². The first-order valence-electron chi connectivity index (χ1n) is 13.2. The number of alkyl halides is 3. The lowest BCUT2D eigenvalue weighted by atomic mass is 9.98. The maximum atomic E-state index is 14.5. The Morgan fingerprint density at radius 2 is 1.95 bits per heavy atom. The van der Waals surface area contributed by atoms with Gasteiger partial charge in [0.2, 0.25) is 0 Å². The number of halogens is 4. The Morgan fingerprint density at radius 1 is 1.14 bits per heavy atom. The van der Waals surface area contributed by atoms with Crippen molar-refractivity contribution >= 4 is 11.0 Å². The highest BCUT2D eigenvalue weighted by Gasteiger charge is 2.28. The van der Waals surface area contributed by atoms with Crippen LogP contribution in [0.2, 0.25) is 0 Å². The zero-order valence-corrected chi connectivity index (χ0v) is 22.3. The molecule has 0 aliphatic heterocycles. The summed E-state index contributed by atoms with van der Waals surface area (Å²) in [6.45, 7) is -0.141. The molecule has 1 fully saturated rings. The third-order valence-electron chi connectivity index (χ3n) is 7.10. The van der Waals surface area contributed by atoms with Crippen LogP contribution in [0.5, 0.6) is 0 Å². The lowest BCUT2D eigenvalue weighted by molar-refractivity contribution is -0.133. The Hall–Kier alpha value is -4.83. The number of imidazole rings is 1. The Kier molecular flexibility index (Phi) is 6.86. The number of aromatic nitrogens is 6. The normalized spacial score (nSPS) is 13.5. The van der Waals surface area contributed by atoms with Crippen LogP contribution < -0.4 is 10.9 Å². The van der Waals surface area contributed by atoms with E-state index in [1.165, 1.54) is 23.0 Å². The van der Waals surface area contributed by atoms with Crippen LogP contribution in [0.4, 0.5) is 17.6 Å². The molecule has 1 aromatic carbocycles. The summed E-state index contributed by atoms with van der Waals surface area (Å²) < 4.78 is 54.8. The number of hydrogen-bond acceptors (Lipinski definition) is 6. The molecule has 6 rings (SSSR count). The average molecular weight is 577 g/mol. The fourth-order valence-corrected chi connectivity index (χ4v) is 4.89. The van der Waals surface area contributed by atoms with Gasteiger partial charge in [-0.05, 0) is 54.3 Å². The van der Waals surface area contributed by atoms with Crippen molar-refractivity contribution in [3.05, 3.63) is 82.2 Å². The topological polar surface area (TPSA) is 117 Å². The highest BCUT2D eigenvalue weighted by atomic mass is 19.4. The molecule has 2 N–H and O–H groups in total. The Labute approximate surface area is 236 Å². The minimum Gasteiger partial charge on any atom is -0.351 e. The van der Waals surface area contributed by atoms with Gasteiger partial charge in [-0.15, -0.1) is 0 Å². The van der Waals surface area contributed by atoms with Crippen molar-refractivity contribution in [1.82, 2.24) is 34.4 Å². The second-order valence-electron chi connectivity index (χ2n) is 10.3. The van der Waals surface area contributed by atoms with Gasteiger partial charge in [-0.3, -0.25) is 4.79 Å². The quantitative estimate of drug-likeness (QED) is 0.196. The van der Waals surface area contributed by atoms with Crippen molar-refractivity contribution < 1.29 is 17.6 Å². The zero-order valence-electron chi connectivity index (χ0n) is 22.3. The molecule has 4 heterocycles. The molecule has 0 bridgehead atoms. The number of aromatic amines is 1. The monoisotopic (exact) mass is 576 g/mol. The van der Waals surface area contributed by atoms with E-state index in [9.17, 15) is 27.6 Å². The number of benzene rings is 1. The number of rotatable bonds is 8. The molecule has 0 amide bonds. The number of nitrogens with one attached hydrogen (secondary N) is 2. The predicted octanol–water partition coefficient (Wildman–Crippen LogP) is 5.11. The van der Waals surface area contributed by atoms with Crippen molar-refractivity contribution in [3.63, 3.8) is 0 Å². The molecule has 13 heteroatoms. The van der Waals surface area contributed by atoms with Gasteiger partial charge in [0.25, 0.3) is 5.56 Å². The molecule has 9 nitrogen and oxygen atoms in total. The zero-order chi connectivity index (χ0) is 29.6. The van der Waals surface area contributed by atoms with E-state index in [4.69, 9.17) is 4.98 Å². The summed E-state index contributed by atoms with van der Waals surface area (Å²) >= 11 is 0. The number of pyridine rings is 1. The number of fused-ring (bicyclic) bond motifs is 1. The summed E-state index contributed by atoms with van der Waals surface area (Å²) in [5.41, 5.74) is 3.47. The average Bonchev–Trinajstić information content (AvgIpc) is 3.61. The minimum atomic E-state index is -4.25. The molecule has 0 radical (unpaired) electrons. The molecule has 0 atom stereocenters. The summed E-state index contributed by atoms with van der Waals surface area (Å²) in [6, 6.07) is 11.6. The van der Waals surface area contributed by atoms with Crippen LogP contribution >= 0.6 is 0 Å². The van der Waals surface area contributed by atoms with E-state index in [1.54, 1.807) is 36.0 Å². The predicted molar refractivity (Wildman–Crippen MR) is 146 cm³/mol. The maximum absolute atomic E-state index is 14.5. The summed E-state index contributed by atoms with van der Waals surface area (Å²) in [7, 11) is 1.72. The van der Waals surface area contributed by atoms with E-state index >= 15 is 0 Å². The second kappa shape index (κ2) is 10.5. The van der Waals surface area contributed by atoms with Gasteiger partial charge >= 0.3 is 6.18 Å². The van der Waals surface area contributed by atoms with Crippen LogP contribution in [0.15, 0.2) is 53.7 Å². The molecule has 42 heavy (non-hydrogen) atoms. The lowest BCUT2D eigenvalue weighted by Gasteiger charge is -2.14. The maximum Gasteiger partial charge on any atom is 0.390 e. The first-order chi connectivity index (χ1) is 20.1. The number of H-pyrrole nitrogens is 1. The summed E-state index contributed by atoms with van der Waals surface area (Å²) in [5.74, 6) is 0.489. The van der Waals surface area contributed by atoms with E-state index in [2.05, 4.69) is 20.3 Å². The van der Waals surface area contributed by atoms with Crippen molar-refractivity contribution in [2.75, 3.05) is 6.54 Å². The highest BCUT2D eigenvalue weighted by molar-refractivity contribution is 5.82. The van der Waals surface area contributed by atoms with Crippen molar-refractivity contribution in [2.24, 2.45) is 7.05 Å². The third-order valence-corrected chi connectivity index (χ3v) is 7.10. The van der Waals surface area contributed by atoms with Crippen LogP contribution in [0.1, 0.15) is 42.3 Å². The molecule has 0 unspecified atom stereocenters. The van der Waals surface area contributed by atoms with Crippen molar-refractivity contribution in [2.45, 2.75) is 37.9 Å². The van der Waals surface area contributed by atoms with Gasteiger partial charge in [-0.2, -0.15) is 18.4 Å². The van der Waals surface area contributed by atoms with Crippen LogP contribution in [-0.2, 0) is 13.6 Å². The molecule has 1 aliphatic rings. The fourth-order valence-electron chi connectivity index (χ4n) is 4.89. The molecule has 1 aliphatic carbocycles. The smallest absolute Gasteiger partial charge is 0.351 e. The van der Waals surface area contributed by atoms with E-state index < -0.39 is 24.0 Å². The van der Waals surface area contributed by atoms with E-state index in [-0.39, 0.29) is 30.2 Å².